The highest BCUT2D eigenvalue weighted by atomic mass is 15.3. The van der Waals surface area contributed by atoms with E-state index in [9.17, 15) is 0 Å². The Bertz CT molecular complexity index is 573. The first kappa shape index (κ1) is 20.2. The number of guanidine groups is 1. The van der Waals surface area contributed by atoms with Gasteiger partial charge in [0.15, 0.2) is 5.96 Å². The summed E-state index contributed by atoms with van der Waals surface area (Å²) in [5.41, 5.74) is 0. The first-order valence-corrected chi connectivity index (χ1v) is 11.3. The molecule has 2 aliphatic rings. The van der Waals surface area contributed by atoms with Crippen LogP contribution in [0.3, 0.4) is 0 Å². The molecule has 1 aromatic rings. The van der Waals surface area contributed by atoms with Crippen LogP contribution in [0.4, 0.5) is 0 Å². The van der Waals surface area contributed by atoms with Crippen molar-refractivity contribution in [3.63, 3.8) is 0 Å². The van der Waals surface area contributed by atoms with Crippen LogP contribution in [-0.2, 0) is 19.4 Å². The van der Waals surface area contributed by atoms with Gasteiger partial charge in [0.1, 0.15) is 11.6 Å². The van der Waals surface area contributed by atoms with E-state index in [0.717, 1.165) is 63.1 Å². The molecule has 0 spiro atoms. The van der Waals surface area contributed by atoms with E-state index in [0.29, 0.717) is 0 Å². The van der Waals surface area contributed by atoms with Gasteiger partial charge in [-0.1, -0.05) is 32.1 Å². The number of aromatic nitrogens is 3. The molecule has 2 N–H and O–H groups in total. The summed E-state index contributed by atoms with van der Waals surface area (Å²) >= 11 is 0. The molecule has 0 bridgehead atoms. The molecular weight excluding hydrogens is 336 g/mol. The zero-order valence-corrected chi connectivity index (χ0v) is 17.2. The Labute approximate surface area is 164 Å². The second-order valence-corrected chi connectivity index (χ2v) is 8.08. The third-order valence-corrected chi connectivity index (χ3v) is 5.92. The normalized spacial score (nSPS) is 18.3. The molecule has 6 heteroatoms. The fourth-order valence-corrected chi connectivity index (χ4v) is 4.40. The Morgan fingerprint density at radius 2 is 1.96 bits per heavy atom. The number of hydrogen-bond acceptors (Lipinski definition) is 3. The maximum Gasteiger partial charge on any atom is 0.191 e. The molecule has 1 aliphatic carbocycles. The molecule has 27 heavy (non-hydrogen) atoms. The van der Waals surface area contributed by atoms with E-state index in [1.165, 1.54) is 63.6 Å². The highest BCUT2D eigenvalue weighted by Gasteiger charge is 2.15. The first-order valence-electron chi connectivity index (χ1n) is 11.3. The Morgan fingerprint density at radius 3 is 2.81 bits per heavy atom. The van der Waals surface area contributed by atoms with Gasteiger partial charge in [-0.2, -0.15) is 0 Å². The fraction of sp³-hybridized carbons (Fsp3) is 0.857. The van der Waals surface area contributed by atoms with Gasteiger partial charge in [0.25, 0.3) is 0 Å². The number of hydrogen-bond donors (Lipinski definition) is 2. The molecule has 0 aromatic carbocycles. The van der Waals surface area contributed by atoms with Crippen molar-refractivity contribution in [2.24, 2.45) is 10.9 Å². The second-order valence-electron chi connectivity index (χ2n) is 8.08. The van der Waals surface area contributed by atoms with Crippen LogP contribution in [0.5, 0.6) is 0 Å². The Morgan fingerprint density at radius 1 is 1.07 bits per heavy atom. The molecule has 0 atom stereocenters. The van der Waals surface area contributed by atoms with Crippen LogP contribution in [0.2, 0.25) is 0 Å². The average molecular weight is 375 g/mol. The number of rotatable bonds is 9. The standard InChI is InChI=1S/C21H38N6/c1-2-22-21(23-15-8-12-18-10-5-6-11-18)24-16-9-14-20-26-25-19-13-4-3-7-17-27(19)20/h18H,2-17H2,1H3,(H2,22,23,24). The Kier molecular flexibility index (Phi) is 8.43. The van der Waals surface area contributed by atoms with E-state index < -0.39 is 0 Å². The van der Waals surface area contributed by atoms with Crippen LogP contribution in [0, 0.1) is 5.92 Å². The monoisotopic (exact) mass is 374 g/mol. The van der Waals surface area contributed by atoms with Crippen molar-refractivity contribution < 1.29 is 0 Å². The van der Waals surface area contributed by atoms with E-state index in [1.807, 2.05) is 0 Å². The Balaban J connectivity index is 1.37. The topological polar surface area (TPSA) is 67.1 Å². The molecular formula is C21H38N6. The van der Waals surface area contributed by atoms with Crippen molar-refractivity contribution in [1.29, 1.82) is 0 Å². The molecule has 1 aromatic heterocycles. The summed E-state index contributed by atoms with van der Waals surface area (Å²) in [5.74, 6) is 4.27. The predicted octanol–water partition coefficient (Wildman–Crippen LogP) is 3.46. The molecule has 1 fully saturated rings. The van der Waals surface area contributed by atoms with Gasteiger partial charge in [-0.15, -0.1) is 10.2 Å². The minimum Gasteiger partial charge on any atom is -0.357 e. The van der Waals surface area contributed by atoms with Gasteiger partial charge in [0.2, 0.25) is 0 Å². The Hall–Kier alpha value is -1.59. The summed E-state index contributed by atoms with van der Waals surface area (Å²) < 4.78 is 2.35. The molecule has 6 nitrogen and oxygen atoms in total. The van der Waals surface area contributed by atoms with Gasteiger partial charge in [-0.05, 0) is 44.9 Å². The van der Waals surface area contributed by atoms with Crippen molar-refractivity contribution >= 4 is 5.96 Å². The van der Waals surface area contributed by atoms with Gasteiger partial charge >= 0.3 is 0 Å². The van der Waals surface area contributed by atoms with E-state index in [1.54, 1.807) is 0 Å². The molecule has 152 valence electrons. The molecule has 0 unspecified atom stereocenters. The van der Waals surface area contributed by atoms with Crippen LogP contribution in [-0.4, -0.2) is 40.4 Å². The smallest absolute Gasteiger partial charge is 0.191 e. The van der Waals surface area contributed by atoms with Crippen LogP contribution in [0.1, 0.15) is 82.8 Å². The third kappa shape index (κ3) is 6.51. The number of nitrogens with one attached hydrogen (secondary N) is 2. The van der Waals surface area contributed by atoms with Crippen LogP contribution < -0.4 is 10.6 Å². The molecule has 1 saturated carbocycles. The maximum atomic E-state index is 4.75. The summed E-state index contributed by atoms with van der Waals surface area (Å²) in [4.78, 5) is 4.75. The maximum absolute atomic E-state index is 4.75. The quantitative estimate of drug-likeness (QED) is 0.395. The highest BCUT2D eigenvalue weighted by molar-refractivity contribution is 5.79. The van der Waals surface area contributed by atoms with Crippen molar-refractivity contribution in [3.8, 4) is 0 Å². The highest BCUT2D eigenvalue weighted by Crippen LogP contribution is 2.28. The van der Waals surface area contributed by atoms with E-state index in [2.05, 4.69) is 32.3 Å². The van der Waals surface area contributed by atoms with Crippen LogP contribution in [0.25, 0.3) is 0 Å². The largest absolute Gasteiger partial charge is 0.357 e. The van der Waals surface area contributed by atoms with E-state index >= 15 is 0 Å². The van der Waals surface area contributed by atoms with Gasteiger partial charge in [0, 0.05) is 39.0 Å². The average Bonchev–Trinajstić information content (AvgIpc) is 3.27. The number of nitrogens with zero attached hydrogens (tertiary/aromatic N) is 4. The van der Waals surface area contributed by atoms with Crippen LogP contribution >= 0.6 is 0 Å². The first-order chi connectivity index (χ1) is 13.4. The third-order valence-electron chi connectivity index (χ3n) is 5.92. The molecule has 3 rings (SSSR count). The van der Waals surface area contributed by atoms with Gasteiger partial charge in [-0.25, -0.2) is 0 Å². The predicted molar refractivity (Wildman–Crippen MR) is 111 cm³/mol. The number of aliphatic imine (C=N–C) groups is 1. The molecule has 1 aliphatic heterocycles. The zero-order chi connectivity index (χ0) is 18.7. The summed E-state index contributed by atoms with van der Waals surface area (Å²) in [6, 6.07) is 0. The fourth-order valence-electron chi connectivity index (χ4n) is 4.40. The van der Waals surface area contributed by atoms with Crippen molar-refractivity contribution in [2.45, 2.75) is 90.5 Å². The number of fused-ring (bicyclic) bond motifs is 1. The summed E-state index contributed by atoms with van der Waals surface area (Å²) in [7, 11) is 0. The van der Waals surface area contributed by atoms with Gasteiger partial charge in [0.05, 0.1) is 0 Å². The summed E-state index contributed by atoms with van der Waals surface area (Å²) in [6.07, 6.45) is 15.3. The van der Waals surface area contributed by atoms with Crippen LogP contribution in [0.15, 0.2) is 4.99 Å². The van der Waals surface area contributed by atoms with Crippen molar-refractivity contribution in [1.82, 2.24) is 25.4 Å². The summed E-state index contributed by atoms with van der Waals surface area (Å²) in [5, 5.41) is 15.7. The number of aryl methyl sites for hydroxylation is 2. The lowest BCUT2D eigenvalue weighted by Crippen LogP contribution is -2.38. The van der Waals surface area contributed by atoms with E-state index in [4.69, 9.17) is 4.99 Å². The van der Waals surface area contributed by atoms with Crippen molar-refractivity contribution in [2.75, 3.05) is 19.6 Å². The molecule has 0 amide bonds. The lowest BCUT2D eigenvalue weighted by atomic mass is 10.0. The molecule has 2 heterocycles. The second kappa shape index (κ2) is 11.3. The van der Waals surface area contributed by atoms with E-state index in [-0.39, 0.29) is 0 Å². The molecule has 0 radical (unpaired) electrons. The lowest BCUT2D eigenvalue weighted by molar-refractivity contribution is 0.481. The summed E-state index contributed by atoms with van der Waals surface area (Å²) in [6.45, 7) is 5.99. The zero-order valence-electron chi connectivity index (χ0n) is 17.2. The minimum absolute atomic E-state index is 0.833. The van der Waals surface area contributed by atoms with Crippen molar-refractivity contribution in [3.05, 3.63) is 11.6 Å². The molecule has 0 saturated heterocycles. The minimum atomic E-state index is 0.833. The van der Waals surface area contributed by atoms with Gasteiger partial charge in [-0.3, -0.25) is 4.99 Å². The van der Waals surface area contributed by atoms with Gasteiger partial charge < -0.3 is 15.2 Å². The lowest BCUT2D eigenvalue weighted by Gasteiger charge is -2.13. The SMILES string of the molecule is CCNC(=NCCCc1nnc2n1CCCCC2)NCCCC1CCCC1.